The Balaban J connectivity index is 1.80. The van der Waals surface area contributed by atoms with Crippen LogP contribution in [-0.4, -0.2) is 15.7 Å². The Morgan fingerprint density at radius 2 is 1.86 bits per heavy atom. The third-order valence-corrected chi connectivity index (χ3v) is 4.41. The van der Waals surface area contributed by atoms with Gasteiger partial charge in [0.25, 0.3) is 0 Å². The fourth-order valence-electron chi connectivity index (χ4n) is 3.03. The van der Waals surface area contributed by atoms with Gasteiger partial charge in [-0.15, -0.1) is 10.2 Å². The van der Waals surface area contributed by atoms with Crippen molar-refractivity contribution in [2.45, 2.75) is 90.6 Å². The van der Waals surface area contributed by atoms with Crippen LogP contribution in [-0.2, 0) is 6.54 Å². The predicted molar refractivity (Wildman–Crippen MR) is 85.1 cm³/mol. The second-order valence-electron chi connectivity index (χ2n) is 7.50. The van der Waals surface area contributed by atoms with E-state index in [1.54, 1.807) is 0 Å². The topological polar surface area (TPSA) is 51.0 Å². The van der Waals surface area contributed by atoms with Crippen molar-refractivity contribution in [3.05, 3.63) is 11.8 Å². The van der Waals surface area contributed by atoms with Crippen molar-refractivity contribution in [3.63, 3.8) is 0 Å². The number of hydrogen-bond acceptors (Lipinski definition) is 4. The molecule has 0 unspecified atom stereocenters. The molecule has 2 rings (SSSR count). The molecule has 21 heavy (non-hydrogen) atoms. The first-order chi connectivity index (χ1) is 9.98. The molecule has 1 fully saturated rings. The third-order valence-electron chi connectivity index (χ3n) is 4.41. The van der Waals surface area contributed by atoms with Gasteiger partial charge in [0.1, 0.15) is 0 Å². The van der Waals surface area contributed by atoms with Gasteiger partial charge in [-0.05, 0) is 52.4 Å². The summed E-state index contributed by atoms with van der Waals surface area (Å²) in [6.45, 7) is 9.35. The van der Waals surface area contributed by atoms with E-state index in [1.165, 1.54) is 44.9 Å². The monoisotopic (exact) mass is 293 g/mol. The maximum Gasteiger partial charge on any atom is 0.230 e. The molecule has 4 nitrogen and oxygen atoms in total. The van der Waals surface area contributed by atoms with Crippen molar-refractivity contribution in [2.75, 3.05) is 0 Å². The highest BCUT2D eigenvalue weighted by Crippen LogP contribution is 2.37. The molecule has 0 aliphatic heterocycles. The van der Waals surface area contributed by atoms with Crippen LogP contribution in [0.3, 0.4) is 0 Å². The second kappa shape index (κ2) is 7.39. The highest BCUT2D eigenvalue weighted by atomic mass is 16.4. The molecule has 0 atom stereocenters. The summed E-state index contributed by atoms with van der Waals surface area (Å²) in [5.74, 6) is 2.98. The summed E-state index contributed by atoms with van der Waals surface area (Å²) in [4.78, 5) is 0. The van der Waals surface area contributed by atoms with Crippen molar-refractivity contribution in [1.82, 2.24) is 15.5 Å². The zero-order valence-electron chi connectivity index (χ0n) is 14.1. The van der Waals surface area contributed by atoms with E-state index in [0.29, 0.717) is 18.4 Å². The quantitative estimate of drug-likeness (QED) is 0.843. The lowest BCUT2D eigenvalue weighted by atomic mass is 9.80. The SMILES string of the molecule is CCCCC1CCC(c2nnc(CNC(C)(C)C)o2)CC1. The summed E-state index contributed by atoms with van der Waals surface area (Å²) in [6.07, 6.45) is 9.15. The number of unbranched alkanes of at least 4 members (excludes halogenated alkanes) is 1. The Morgan fingerprint density at radius 1 is 1.14 bits per heavy atom. The average Bonchev–Trinajstić information content (AvgIpc) is 2.92. The second-order valence-corrected chi connectivity index (χ2v) is 7.50. The highest BCUT2D eigenvalue weighted by molar-refractivity contribution is 4.94. The summed E-state index contributed by atoms with van der Waals surface area (Å²) in [5.41, 5.74) is 0.0754. The molecule has 120 valence electrons. The summed E-state index contributed by atoms with van der Waals surface area (Å²) in [7, 11) is 0. The molecule has 1 heterocycles. The molecule has 4 heteroatoms. The Bertz CT molecular complexity index is 414. The Hall–Kier alpha value is -0.900. The largest absolute Gasteiger partial charge is 0.424 e. The van der Waals surface area contributed by atoms with Gasteiger partial charge in [-0.25, -0.2) is 0 Å². The molecule has 1 aliphatic rings. The van der Waals surface area contributed by atoms with E-state index in [9.17, 15) is 0 Å². The standard InChI is InChI=1S/C17H31N3O/c1-5-6-7-13-8-10-14(11-9-13)16-20-19-15(21-16)12-18-17(2,3)4/h13-14,18H,5-12H2,1-4H3. The summed E-state index contributed by atoms with van der Waals surface area (Å²) in [5, 5.41) is 11.8. The van der Waals surface area contributed by atoms with Crippen LogP contribution in [0.1, 0.15) is 90.3 Å². The molecule has 0 spiro atoms. The van der Waals surface area contributed by atoms with E-state index >= 15 is 0 Å². The Morgan fingerprint density at radius 3 is 2.48 bits per heavy atom. The third kappa shape index (κ3) is 5.42. The summed E-state index contributed by atoms with van der Waals surface area (Å²) < 4.78 is 5.85. The van der Waals surface area contributed by atoms with Crippen LogP contribution in [0.2, 0.25) is 0 Å². The Labute approximate surface area is 129 Å². The van der Waals surface area contributed by atoms with Crippen molar-refractivity contribution in [2.24, 2.45) is 5.92 Å². The van der Waals surface area contributed by atoms with Crippen LogP contribution < -0.4 is 5.32 Å². The van der Waals surface area contributed by atoms with Gasteiger partial charge >= 0.3 is 0 Å². The molecule has 0 aromatic carbocycles. The van der Waals surface area contributed by atoms with Gasteiger partial charge < -0.3 is 9.73 Å². The zero-order chi connectivity index (χ0) is 15.3. The summed E-state index contributed by atoms with van der Waals surface area (Å²) in [6, 6.07) is 0. The minimum atomic E-state index is 0.0754. The number of rotatable bonds is 6. The normalized spacial score (nSPS) is 23.4. The molecule has 1 aliphatic carbocycles. The Kier molecular flexibility index (Phi) is 5.80. The van der Waals surface area contributed by atoms with Gasteiger partial charge in [-0.1, -0.05) is 26.2 Å². The number of nitrogens with one attached hydrogen (secondary N) is 1. The van der Waals surface area contributed by atoms with Gasteiger partial charge in [0.15, 0.2) is 0 Å². The predicted octanol–water partition coefficient (Wildman–Crippen LogP) is 4.42. The zero-order valence-corrected chi connectivity index (χ0v) is 14.1. The first-order valence-electron chi connectivity index (χ1n) is 8.55. The van der Waals surface area contributed by atoms with E-state index in [0.717, 1.165) is 11.8 Å². The summed E-state index contributed by atoms with van der Waals surface area (Å²) >= 11 is 0. The van der Waals surface area contributed by atoms with Crippen molar-refractivity contribution in [1.29, 1.82) is 0 Å². The van der Waals surface area contributed by atoms with Crippen molar-refractivity contribution < 1.29 is 4.42 Å². The van der Waals surface area contributed by atoms with Crippen LogP contribution in [0.25, 0.3) is 0 Å². The molecule has 1 saturated carbocycles. The minimum absolute atomic E-state index is 0.0754. The van der Waals surface area contributed by atoms with E-state index in [2.05, 4.69) is 43.2 Å². The maximum absolute atomic E-state index is 5.85. The van der Waals surface area contributed by atoms with Gasteiger partial charge in [0, 0.05) is 11.5 Å². The first-order valence-corrected chi connectivity index (χ1v) is 8.55. The fourth-order valence-corrected chi connectivity index (χ4v) is 3.03. The molecule has 0 amide bonds. The van der Waals surface area contributed by atoms with Gasteiger partial charge in [-0.2, -0.15) is 0 Å². The molecule has 0 radical (unpaired) electrons. The van der Waals surface area contributed by atoms with Crippen LogP contribution in [0.4, 0.5) is 0 Å². The lowest BCUT2D eigenvalue weighted by Gasteiger charge is -2.26. The van der Waals surface area contributed by atoms with E-state index in [-0.39, 0.29) is 5.54 Å². The van der Waals surface area contributed by atoms with Crippen molar-refractivity contribution in [3.8, 4) is 0 Å². The van der Waals surface area contributed by atoms with Crippen molar-refractivity contribution >= 4 is 0 Å². The lowest BCUT2D eigenvalue weighted by molar-refractivity contribution is 0.271. The maximum atomic E-state index is 5.85. The highest BCUT2D eigenvalue weighted by Gasteiger charge is 2.26. The van der Waals surface area contributed by atoms with E-state index in [4.69, 9.17) is 4.42 Å². The molecule has 0 bridgehead atoms. The lowest BCUT2D eigenvalue weighted by Crippen LogP contribution is -2.35. The minimum Gasteiger partial charge on any atom is -0.424 e. The number of hydrogen-bond donors (Lipinski definition) is 1. The smallest absolute Gasteiger partial charge is 0.230 e. The average molecular weight is 293 g/mol. The van der Waals surface area contributed by atoms with Crippen LogP contribution in [0.5, 0.6) is 0 Å². The molecule has 1 aromatic rings. The number of aromatic nitrogens is 2. The molecule has 1 N–H and O–H groups in total. The fraction of sp³-hybridized carbons (Fsp3) is 0.882. The molecular weight excluding hydrogens is 262 g/mol. The van der Waals surface area contributed by atoms with Gasteiger partial charge in [-0.3, -0.25) is 0 Å². The molecule has 0 saturated heterocycles. The van der Waals surface area contributed by atoms with Gasteiger partial charge in [0.05, 0.1) is 6.54 Å². The van der Waals surface area contributed by atoms with E-state index < -0.39 is 0 Å². The number of nitrogens with zero attached hydrogens (tertiary/aromatic N) is 2. The van der Waals surface area contributed by atoms with E-state index in [1.807, 2.05) is 0 Å². The van der Waals surface area contributed by atoms with Crippen LogP contribution >= 0.6 is 0 Å². The van der Waals surface area contributed by atoms with Gasteiger partial charge in [0.2, 0.25) is 11.8 Å². The van der Waals surface area contributed by atoms with Crippen LogP contribution in [0, 0.1) is 5.92 Å². The molecular formula is C17H31N3O. The first kappa shape index (κ1) is 16.5. The van der Waals surface area contributed by atoms with Crippen LogP contribution in [0.15, 0.2) is 4.42 Å². The molecule has 1 aromatic heterocycles.